The average Bonchev–Trinajstić information content (AvgIpc) is 2.87. The van der Waals surface area contributed by atoms with Crippen molar-refractivity contribution in [1.82, 2.24) is 15.2 Å². The zero-order valence-electron chi connectivity index (χ0n) is 24.4. The molecule has 1 aliphatic rings. The van der Waals surface area contributed by atoms with Gasteiger partial charge in [-0.2, -0.15) is 5.10 Å². The number of amides is 2. The van der Waals surface area contributed by atoms with Crippen LogP contribution < -0.4 is 14.9 Å². The Morgan fingerprint density at radius 1 is 0.974 bits per heavy atom. The number of hydrogen-bond acceptors (Lipinski definition) is 7. The summed E-state index contributed by atoms with van der Waals surface area (Å²) in [5.41, 5.74) is 5.14. The molecule has 1 aliphatic heterocycles. The Kier molecular flexibility index (Phi) is 9.27. The van der Waals surface area contributed by atoms with E-state index in [0.29, 0.717) is 48.8 Å². The summed E-state index contributed by atoms with van der Waals surface area (Å²) in [4.78, 5) is 29.4. The molecule has 2 amide bonds. The van der Waals surface area contributed by atoms with E-state index in [2.05, 4.69) is 52.1 Å². The summed E-state index contributed by atoms with van der Waals surface area (Å²) in [5, 5.41) is 15.0. The van der Waals surface area contributed by atoms with Gasteiger partial charge in [0.15, 0.2) is 0 Å². The van der Waals surface area contributed by atoms with E-state index in [0.717, 1.165) is 11.1 Å². The van der Waals surface area contributed by atoms with Crippen molar-refractivity contribution in [3.63, 3.8) is 0 Å². The van der Waals surface area contributed by atoms with Gasteiger partial charge in [0.05, 0.1) is 32.5 Å². The van der Waals surface area contributed by atoms with E-state index in [9.17, 15) is 14.7 Å². The maximum absolute atomic E-state index is 13.1. The second kappa shape index (κ2) is 12.1. The molecule has 0 spiro atoms. The number of nitrogens with zero attached hydrogens (tertiary/aromatic N) is 3. The van der Waals surface area contributed by atoms with Crippen LogP contribution in [0.15, 0.2) is 35.4 Å². The third-order valence-corrected chi connectivity index (χ3v) is 6.87. The Balaban J connectivity index is 1.60. The number of rotatable bonds is 7. The number of phenolic OH excluding ortho intramolecular Hbond substituents is 1. The number of ether oxygens (including phenoxy) is 2. The molecule has 9 nitrogen and oxygen atoms in total. The molecule has 212 valence electrons. The molecule has 0 unspecified atom stereocenters. The molecule has 39 heavy (non-hydrogen) atoms. The molecule has 0 saturated carbocycles. The van der Waals surface area contributed by atoms with Crippen LogP contribution in [0.2, 0.25) is 0 Å². The number of hydrazone groups is 1. The maximum Gasteiger partial charge on any atom is 0.257 e. The minimum Gasteiger partial charge on any atom is -0.507 e. The quantitative estimate of drug-likeness (QED) is 0.409. The first-order chi connectivity index (χ1) is 18.2. The Morgan fingerprint density at radius 2 is 1.64 bits per heavy atom. The van der Waals surface area contributed by atoms with Crippen LogP contribution in [0.4, 0.5) is 0 Å². The number of carbonyl (C=O) groups excluding carboxylic acids is 2. The van der Waals surface area contributed by atoms with E-state index in [1.54, 1.807) is 30.2 Å². The van der Waals surface area contributed by atoms with Gasteiger partial charge >= 0.3 is 0 Å². The highest BCUT2D eigenvalue weighted by Gasteiger charge is 2.26. The molecule has 0 aromatic heterocycles. The summed E-state index contributed by atoms with van der Waals surface area (Å²) in [6, 6.07) is 9.10. The van der Waals surface area contributed by atoms with Crippen molar-refractivity contribution in [1.29, 1.82) is 0 Å². The number of piperazine rings is 1. The van der Waals surface area contributed by atoms with Crippen molar-refractivity contribution >= 4 is 18.0 Å². The highest BCUT2D eigenvalue weighted by molar-refractivity contribution is 5.97. The number of hydrogen-bond donors (Lipinski definition) is 2. The predicted octanol–water partition coefficient (Wildman–Crippen LogP) is 3.91. The van der Waals surface area contributed by atoms with Crippen LogP contribution in [-0.2, 0) is 15.6 Å². The lowest BCUT2D eigenvalue weighted by atomic mass is 9.79. The van der Waals surface area contributed by atoms with Gasteiger partial charge in [0, 0.05) is 37.3 Å². The average molecular weight is 539 g/mol. The Hall–Kier alpha value is -3.59. The van der Waals surface area contributed by atoms with E-state index in [-0.39, 0.29) is 34.9 Å². The van der Waals surface area contributed by atoms with Gasteiger partial charge in [-0.05, 0) is 40.7 Å². The number of nitrogens with one attached hydrogen (secondary N) is 1. The molecular weight excluding hydrogens is 496 g/mol. The van der Waals surface area contributed by atoms with Crippen molar-refractivity contribution < 1.29 is 24.2 Å². The number of phenols is 1. The molecule has 1 heterocycles. The molecule has 1 saturated heterocycles. The van der Waals surface area contributed by atoms with Crippen LogP contribution in [0.1, 0.15) is 68.6 Å². The van der Waals surface area contributed by atoms with Crippen LogP contribution in [0.5, 0.6) is 17.2 Å². The zero-order chi connectivity index (χ0) is 29.0. The highest BCUT2D eigenvalue weighted by atomic mass is 16.5. The molecule has 0 aliphatic carbocycles. The topological polar surface area (TPSA) is 104 Å². The van der Waals surface area contributed by atoms with Gasteiger partial charge in [-0.3, -0.25) is 14.5 Å². The van der Waals surface area contributed by atoms with E-state index in [4.69, 9.17) is 9.47 Å². The van der Waals surface area contributed by atoms with Crippen molar-refractivity contribution in [2.45, 2.75) is 52.4 Å². The predicted molar refractivity (Wildman–Crippen MR) is 153 cm³/mol. The zero-order valence-corrected chi connectivity index (χ0v) is 24.4. The lowest BCUT2D eigenvalue weighted by molar-refractivity contribution is -0.122. The fraction of sp³-hybridized carbons (Fsp3) is 0.500. The van der Waals surface area contributed by atoms with Gasteiger partial charge in [-0.15, -0.1) is 0 Å². The smallest absolute Gasteiger partial charge is 0.257 e. The minimum atomic E-state index is -0.261. The lowest BCUT2D eigenvalue weighted by Crippen LogP contribution is -2.50. The fourth-order valence-corrected chi connectivity index (χ4v) is 4.43. The SMILES string of the molecule is COc1ccc(OC)c(C(=O)N2CCN(CC(=O)NN=Cc3cc(C(C)(C)C)cc(C(C)(C)C)c3O)CC2)c1. The van der Waals surface area contributed by atoms with E-state index >= 15 is 0 Å². The lowest BCUT2D eigenvalue weighted by Gasteiger charge is -2.34. The van der Waals surface area contributed by atoms with E-state index in [1.165, 1.54) is 13.3 Å². The van der Waals surface area contributed by atoms with Gasteiger partial charge in [-0.1, -0.05) is 47.6 Å². The largest absolute Gasteiger partial charge is 0.507 e. The summed E-state index contributed by atoms with van der Waals surface area (Å²) in [6.45, 7) is 14.8. The standard InChI is InChI=1S/C30H42N4O5/c1-29(2,3)21-15-20(27(36)24(16-21)30(4,5)6)18-31-32-26(35)19-33-11-13-34(14-12-33)28(37)23-17-22(38-7)9-10-25(23)39-8/h9-10,15-18,36H,11-14,19H2,1-8H3,(H,32,35). The Morgan fingerprint density at radius 3 is 2.21 bits per heavy atom. The first-order valence-corrected chi connectivity index (χ1v) is 13.2. The van der Waals surface area contributed by atoms with Gasteiger partial charge in [0.25, 0.3) is 11.8 Å². The molecule has 0 bridgehead atoms. The van der Waals surface area contributed by atoms with E-state index < -0.39 is 0 Å². The van der Waals surface area contributed by atoms with Crippen LogP contribution in [0.25, 0.3) is 0 Å². The van der Waals surface area contributed by atoms with Gasteiger partial charge in [-0.25, -0.2) is 5.43 Å². The second-order valence-electron chi connectivity index (χ2n) is 11.9. The van der Waals surface area contributed by atoms with Gasteiger partial charge in [0.2, 0.25) is 0 Å². The number of methoxy groups -OCH3 is 2. The first-order valence-electron chi connectivity index (χ1n) is 13.2. The van der Waals surface area contributed by atoms with Crippen LogP contribution in [-0.4, -0.2) is 79.9 Å². The minimum absolute atomic E-state index is 0.110. The molecule has 0 radical (unpaired) electrons. The normalized spacial score (nSPS) is 14.9. The Labute approximate surface area is 231 Å². The van der Waals surface area contributed by atoms with E-state index in [1.807, 2.05) is 17.0 Å². The molecule has 9 heteroatoms. The maximum atomic E-state index is 13.1. The summed E-state index contributed by atoms with van der Waals surface area (Å²) in [7, 11) is 3.09. The van der Waals surface area contributed by atoms with Crippen molar-refractivity contribution in [2.24, 2.45) is 5.10 Å². The summed E-state index contributed by atoms with van der Waals surface area (Å²) in [5.74, 6) is 0.855. The number of benzene rings is 2. The first kappa shape index (κ1) is 30.0. The molecule has 3 rings (SSSR count). The summed E-state index contributed by atoms with van der Waals surface area (Å²) < 4.78 is 10.6. The van der Waals surface area contributed by atoms with Gasteiger partial charge < -0.3 is 19.5 Å². The van der Waals surface area contributed by atoms with Crippen LogP contribution >= 0.6 is 0 Å². The van der Waals surface area contributed by atoms with Crippen molar-refractivity contribution in [2.75, 3.05) is 46.9 Å². The molecule has 1 fully saturated rings. The monoisotopic (exact) mass is 538 g/mol. The Bertz CT molecular complexity index is 1220. The number of aromatic hydroxyl groups is 1. The van der Waals surface area contributed by atoms with Gasteiger partial charge in [0.1, 0.15) is 17.2 Å². The molecule has 0 atom stereocenters. The third kappa shape index (κ3) is 7.50. The summed E-state index contributed by atoms with van der Waals surface area (Å²) in [6.07, 6.45) is 1.50. The van der Waals surface area contributed by atoms with Crippen molar-refractivity contribution in [3.8, 4) is 17.2 Å². The van der Waals surface area contributed by atoms with Crippen molar-refractivity contribution in [3.05, 3.63) is 52.6 Å². The van der Waals surface area contributed by atoms with Crippen LogP contribution in [0.3, 0.4) is 0 Å². The number of carbonyl (C=O) groups is 2. The molecule has 2 aromatic rings. The highest BCUT2D eigenvalue weighted by Crippen LogP contribution is 2.37. The third-order valence-electron chi connectivity index (χ3n) is 6.87. The fourth-order valence-electron chi connectivity index (χ4n) is 4.43. The molecule has 2 aromatic carbocycles. The second-order valence-corrected chi connectivity index (χ2v) is 11.9. The molecular formula is C30H42N4O5. The molecule has 2 N–H and O–H groups in total. The summed E-state index contributed by atoms with van der Waals surface area (Å²) >= 11 is 0. The van der Waals surface area contributed by atoms with Crippen LogP contribution in [0, 0.1) is 0 Å².